The third-order valence-electron chi connectivity index (χ3n) is 1.95. The van der Waals surface area contributed by atoms with Gasteiger partial charge in [0.25, 0.3) is 0 Å². The lowest BCUT2D eigenvalue weighted by molar-refractivity contribution is -0.890. The van der Waals surface area contributed by atoms with Crippen LogP contribution in [0.4, 0.5) is 0 Å². The van der Waals surface area contributed by atoms with Crippen LogP contribution in [-0.4, -0.2) is 41.9 Å². The van der Waals surface area contributed by atoms with Crippen molar-refractivity contribution in [1.29, 1.82) is 0 Å². The largest absolute Gasteiger partial charge is 0.328 e. The van der Waals surface area contributed by atoms with Gasteiger partial charge in [-0.2, -0.15) is 0 Å². The van der Waals surface area contributed by atoms with Crippen LogP contribution in [0.15, 0.2) is 0 Å². The van der Waals surface area contributed by atoms with Crippen molar-refractivity contribution in [2.75, 3.05) is 27.2 Å². The van der Waals surface area contributed by atoms with Crippen molar-refractivity contribution >= 4 is 10.2 Å². The van der Waals surface area contributed by atoms with Crippen molar-refractivity contribution in [2.45, 2.75) is 25.8 Å². The van der Waals surface area contributed by atoms with Crippen LogP contribution in [0.2, 0.25) is 6.04 Å². The lowest BCUT2D eigenvalue weighted by Gasteiger charge is -2.29. The van der Waals surface area contributed by atoms with Crippen molar-refractivity contribution in [2.24, 2.45) is 0 Å². The summed E-state index contributed by atoms with van der Waals surface area (Å²) in [5.41, 5.74) is 0. The van der Waals surface area contributed by atoms with Crippen LogP contribution < -0.4 is 0 Å². The molecule has 0 aliphatic carbocycles. The highest BCUT2D eigenvalue weighted by Gasteiger charge is 2.10. The highest BCUT2D eigenvalue weighted by atomic mass is 28.1. The first-order chi connectivity index (χ1) is 4.62. The zero-order valence-electron chi connectivity index (χ0n) is 7.98. The number of rotatable bonds is 5. The Morgan fingerprint density at radius 2 is 1.80 bits per heavy atom. The van der Waals surface area contributed by atoms with Gasteiger partial charge in [-0.15, -0.1) is 0 Å². The van der Waals surface area contributed by atoms with Crippen molar-refractivity contribution in [1.82, 2.24) is 0 Å². The molecule has 0 aromatic rings. The van der Waals surface area contributed by atoms with Gasteiger partial charge >= 0.3 is 0 Å². The van der Waals surface area contributed by atoms with E-state index < -0.39 is 0 Å². The van der Waals surface area contributed by atoms with Gasteiger partial charge in [-0.05, 0) is 12.8 Å². The van der Waals surface area contributed by atoms with E-state index in [0.29, 0.717) is 0 Å². The minimum absolute atomic E-state index is 1.22. The summed E-state index contributed by atoms with van der Waals surface area (Å²) in [6.07, 6.45) is 2.74. The molecule has 62 valence electrons. The summed E-state index contributed by atoms with van der Waals surface area (Å²) in [7, 11) is 6.04. The van der Waals surface area contributed by atoms with Crippen LogP contribution in [0.5, 0.6) is 0 Å². The normalized spacial score (nSPS) is 12.3. The quantitative estimate of drug-likeness (QED) is 0.409. The fraction of sp³-hybridized carbons (Fsp3) is 1.00. The number of nitrogens with zero attached hydrogens (tertiary/aromatic N) is 1. The number of hydrogen-bond donors (Lipinski definition) is 0. The molecule has 0 saturated heterocycles. The van der Waals surface area contributed by atoms with E-state index >= 15 is 0 Å². The van der Waals surface area contributed by atoms with Crippen molar-refractivity contribution < 1.29 is 4.48 Å². The molecule has 0 spiro atoms. The zero-order chi connectivity index (χ0) is 8.04. The van der Waals surface area contributed by atoms with E-state index in [1.165, 1.54) is 46.7 Å². The fourth-order valence-corrected chi connectivity index (χ4v) is 1.62. The zero-order valence-corrected chi connectivity index (χ0v) is 9.98. The maximum absolute atomic E-state index is 2.33. The summed E-state index contributed by atoms with van der Waals surface area (Å²) < 4.78 is 1.22. The maximum Gasteiger partial charge on any atom is 0.0779 e. The van der Waals surface area contributed by atoms with E-state index in [9.17, 15) is 0 Å². The van der Waals surface area contributed by atoms with E-state index in [1.807, 2.05) is 0 Å². The second-order valence-electron chi connectivity index (χ2n) is 3.74. The summed E-state index contributed by atoms with van der Waals surface area (Å²) in [5.74, 6) is 0. The Kier molecular flexibility index (Phi) is 5.00. The van der Waals surface area contributed by atoms with Gasteiger partial charge in [-0.1, -0.05) is 13.0 Å². The molecule has 0 aromatic carbocycles. The van der Waals surface area contributed by atoms with Crippen LogP contribution in [0, 0.1) is 0 Å². The molecule has 0 aliphatic rings. The van der Waals surface area contributed by atoms with Crippen LogP contribution in [0.25, 0.3) is 0 Å². The standard InChI is InChI=1S/C8H22NSi/c1-4-6-9(2,3)7-5-8-10/h4-8H2,1-3,10H3/q+1. The lowest BCUT2D eigenvalue weighted by Crippen LogP contribution is -2.40. The van der Waals surface area contributed by atoms with Crippen LogP contribution in [0.3, 0.4) is 0 Å². The highest BCUT2D eigenvalue weighted by Crippen LogP contribution is 2.01. The molecule has 0 saturated carbocycles. The first kappa shape index (κ1) is 10.2. The lowest BCUT2D eigenvalue weighted by atomic mass is 10.3. The second kappa shape index (κ2) is 4.91. The monoisotopic (exact) mass is 160 g/mol. The Morgan fingerprint density at radius 1 is 1.20 bits per heavy atom. The first-order valence-electron chi connectivity index (χ1n) is 4.44. The molecule has 1 nitrogen and oxygen atoms in total. The average molecular weight is 160 g/mol. The third kappa shape index (κ3) is 5.00. The molecule has 0 atom stereocenters. The Hall–Kier alpha value is 0.177. The molecule has 0 aromatic heterocycles. The van der Waals surface area contributed by atoms with Gasteiger partial charge in [0.15, 0.2) is 0 Å². The van der Waals surface area contributed by atoms with Crippen LogP contribution in [-0.2, 0) is 0 Å². The van der Waals surface area contributed by atoms with Gasteiger partial charge < -0.3 is 4.48 Å². The van der Waals surface area contributed by atoms with Gasteiger partial charge in [0.05, 0.1) is 27.2 Å². The van der Waals surface area contributed by atoms with Crippen molar-refractivity contribution in [3.05, 3.63) is 0 Å². The Labute approximate surface area is 68.4 Å². The van der Waals surface area contributed by atoms with Crippen LogP contribution in [0.1, 0.15) is 19.8 Å². The van der Waals surface area contributed by atoms with Gasteiger partial charge in [-0.25, -0.2) is 0 Å². The molecule has 0 unspecified atom stereocenters. The van der Waals surface area contributed by atoms with E-state index in [0.717, 1.165) is 0 Å². The van der Waals surface area contributed by atoms with Gasteiger partial charge in [0.2, 0.25) is 0 Å². The Bertz CT molecular complexity index is 81.3. The minimum atomic E-state index is 1.22. The van der Waals surface area contributed by atoms with Crippen molar-refractivity contribution in [3.63, 3.8) is 0 Å². The summed E-state index contributed by atoms with van der Waals surface area (Å²) in [4.78, 5) is 0. The van der Waals surface area contributed by atoms with E-state index in [2.05, 4.69) is 21.0 Å². The molecule has 0 radical (unpaired) electrons. The predicted octanol–water partition coefficient (Wildman–Crippen LogP) is 0.647. The van der Waals surface area contributed by atoms with Crippen molar-refractivity contribution in [3.8, 4) is 0 Å². The molecule has 0 bridgehead atoms. The maximum atomic E-state index is 2.33. The molecule has 0 heterocycles. The second-order valence-corrected chi connectivity index (χ2v) is 4.74. The first-order valence-corrected chi connectivity index (χ1v) is 5.86. The average Bonchev–Trinajstić information content (AvgIpc) is 1.84. The minimum Gasteiger partial charge on any atom is -0.328 e. The van der Waals surface area contributed by atoms with E-state index in [-0.39, 0.29) is 0 Å². The van der Waals surface area contributed by atoms with Gasteiger partial charge in [0, 0.05) is 10.2 Å². The molecule has 0 N–H and O–H groups in total. The molecular formula is C8H22NSi+. The Morgan fingerprint density at radius 3 is 2.20 bits per heavy atom. The van der Waals surface area contributed by atoms with Gasteiger partial charge in [0.1, 0.15) is 0 Å². The summed E-state index contributed by atoms with van der Waals surface area (Å²) in [5, 5.41) is 0. The summed E-state index contributed by atoms with van der Waals surface area (Å²) in [6.45, 7) is 4.97. The number of hydrogen-bond acceptors (Lipinski definition) is 0. The topological polar surface area (TPSA) is 0 Å². The predicted molar refractivity (Wildman–Crippen MR) is 51.5 cm³/mol. The smallest absolute Gasteiger partial charge is 0.0779 e. The van der Waals surface area contributed by atoms with Gasteiger partial charge in [-0.3, -0.25) is 0 Å². The molecule has 0 aliphatic heterocycles. The van der Waals surface area contributed by atoms with E-state index in [4.69, 9.17) is 0 Å². The summed E-state index contributed by atoms with van der Waals surface area (Å²) in [6, 6.07) is 1.46. The molecule has 0 amide bonds. The van der Waals surface area contributed by atoms with Crippen LogP contribution >= 0.6 is 0 Å². The highest BCUT2D eigenvalue weighted by molar-refractivity contribution is 6.08. The third-order valence-corrected chi connectivity index (χ3v) is 2.65. The Balaban J connectivity index is 3.42. The molecule has 10 heavy (non-hydrogen) atoms. The van der Waals surface area contributed by atoms with E-state index in [1.54, 1.807) is 0 Å². The molecule has 2 heteroatoms. The fourth-order valence-electron chi connectivity index (χ4n) is 1.30. The number of quaternary nitrogens is 1. The molecule has 0 rings (SSSR count). The molecule has 0 fully saturated rings. The summed E-state index contributed by atoms with van der Waals surface area (Å²) >= 11 is 0. The SMILES string of the molecule is CCC[N+](C)(C)CCC[SiH3]. The molecular weight excluding hydrogens is 138 g/mol.